The molecule has 0 saturated carbocycles. The van der Waals surface area contributed by atoms with E-state index in [1.807, 2.05) is 24.3 Å². The van der Waals surface area contributed by atoms with Crippen LogP contribution < -0.4 is 4.74 Å². The summed E-state index contributed by atoms with van der Waals surface area (Å²) in [4.78, 5) is 10.5. The lowest BCUT2D eigenvalue weighted by Crippen LogP contribution is -1.96. The second kappa shape index (κ2) is 7.29. The van der Waals surface area contributed by atoms with Crippen LogP contribution in [0, 0.1) is 0 Å². The topological polar surface area (TPSA) is 46.5 Å². The van der Waals surface area contributed by atoms with Gasteiger partial charge in [0, 0.05) is 10.5 Å². The number of carboxylic acid groups (broad SMARTS) is 1. The number of rotatable bonds is 5. The Bertz CT molecular complexity index is 683. The highest BCUT2D eigenvalue weighted by atomic mass is 79.9. The monoisotopic (exact) mass is 366 g/mol. The summed E-state index contributed by atoms with van der Waals surface area (Å²) in [7, 11) is 0. The second-order valence-electron chi connectivity index (χ2n) is 4.28. The van der Waals surface area contributed by atoms with Gasteiger partial charge in [-0.15, -0.1) is 0 Å². The number of benzene rings is 2. The van der Waals surface area contributed by atoms with Gasteiger partial charge < -0.3 is 9.84 Å². The number of carboxylic acids is 1. The molecule has 0 aliphatic heterocycles. The highest BCUT2D eigenvalue weighted by Crippen LogP contribution is 2.27. The quantitative estimate of drug-likeness (QED) is 0.774. The Kier molecular flexibility index (Phi) is 5.42. The van der Waals surface area contributed by atoms with Crippen LogP contribution in [0.15, 0.2) is 53.0 Å². The number of hydrogen-bond acceptors (Lipinski definition) is 2. The maximum atomic E-state index is 10.5. The lowest BCUT2D eigenvalue weighted by Gasteiger charge is -2.09. The van der Waals surface area contributed by atoms with Gasteiger partial charge in [0.2, 0.25) is 0 Å². The fraction of sp³-hybridized carbons (Fsp3) is 0.0625. The first-order valence-electron chi connectivity index (χ1n) is 6.12. The maximum absolute atomic E-state index is 10.5. The van der Waals surface area contributed by atoms with Crippen LogP contribution >= 0.6 is 27.5 Å². The van der Waals surface area contributed by atoms with Crippen molar-refractivity contribution in [3.63, 3.8) is 0 Å². The molecule has 0 aliphatic carbocycles. The first-order valence-corrected chi connectivity index (χ1v) is 7.29. The molecular formula is C16H12BrClO3. The standard InChI is InChI=1S/C16H12BrClO3/c17-13-3-1-2-12(8-13)10-21-15-6-4-11(9-14(15)18)5-7-16(19)20/h1-9H,10H2,(H,19,20)/b7-5+. The number of hydrogen-bond donors (Lipinski definition) is 1. The van der Waals surface area contributed by atoms with E-state index >= 15 is 0 Å². The fourth-order valence-corrected chi connectivity index (χ4v) is 2.38. The molecule has 1 N–H and O–H groups in total. The Hall–Kier alpha value is -1.78. The summed E-state index contributed by atoms with van der Waals surface area (Å²) in [5.41, 5.74) is 1.73. The molecule has 3 nitrogen and oxygen atoms in total. The molecule has 2 aromatic rings. The summed E-state index contributed by atoms with van der Waals surface area (Å²) in [6.45, 7) is 0.406. The van der Waals surface area contributed by atoms with Crippen LogP contribution in [0.4, 0.5) is 0 Å². The fourth-order valence-electron chi connectivity index (χ4n) is 1.69. The molecular weight excluding hydrogens is 356 g/mol. The van der Waals surface area contributed by atoms with Crippen LogP contribution in [0.1, 0.15) is 11.1 Å². The smallest absolute Gasteiger partial charge is 0.328 e. The van der Waals surface area contributed by atoms with Crippen molar-refractivity contribution in [2.24, 2.45) is 0 Å². The van der Waals surface area contributed by atoms with Gasteiger partial charge in [-0.3, -0.25) is 0 Å². The molecule has 0 heterocycles. The van der Waals surface area contributed by atoms with E-state index in [1.54, 1.807) is 18.2 Å². The molecule has 0 spiro atoms. The van der Waals surface area contributed by atoms with Crippen LogP contribution in [0.3, 0.4) is 0 Å². The minimum absolute atomic E-state index is 0.406. The zero-order chi connectivity index (χ0) is 15.2. The van der Waals surface area contributed by atoms with Gasteiger partial charge in [0.25, 0.3) is 0 Å². The largest absolute Gasteiger partial charge is 0.487 e. The van der Waals surface area contributed by atoms with Gasteiger partial charge in [-0.1, -0.05) is 45.7 Å². The van der Waals surface area contributed by atoms with E-state index in [0.29, 0.717) is 22.9 Å². The van der Waals surface area contributed by atoms with E-state index < -0.39 is 5.97 Å². The molecule has 0 radical (unpaired) electrons. The van der Waals surface area contributed by atoms with Crippen LogP contribution in [0.2, 0.25) is 5.02 Å². The molecule has 0 unspecified atom stereocenters. The van der Waals surface area contributed by atoms with Gasteiger partial charge in [0.1, 0.15) is 12.4 Å². The zero-order valence-electron chi connectivity index (χ0n) is 10.9. The van der Waals surface area contributed by atoms with Gasteiger partial charge in [-0.25, -0.2) is 4.79 Å². The molecule has 0 saturated heterocycles. The Balaban J connectivity index is 2.06. The summed E-state index contributed by atoms with van der Waals surface area (Å²) in [6, 6.07) is 12.9. The van der Waals surface area contributed by atoms with Crippen molar-refractivity contribution >= 4 is 39.6 Å². The average molecular weight is 368 g/mol. The first kappa shape index (κ1) is 15.6. The van der Waals surface area contributed by atoms with Gasteiger partial charge in [-0.2, -0.15) is 0 Å². The predicted molar refractivity (Wildman–Crippen MR) is 86.6 cm³/mol. The molecule has 0 aromatic heterocycles. The molecule has 0 atom stereocenters. The summed E-state index contributed by atoms with van der Waals surface area (Å²) in [5, 5.41) is 9.03. The second-order valence-corrected chi connectivity index (χ2v) is 5.60. The number of carbonyl (C=O) groups is 1. The van der Waals surface area contributed by atoms with E-state index in [4.69, 9.17) is 21.4 Å². The summed E-state index contributed by atoms with van der Waals surface area (Å²) in [5.74, 6) is -0.440. The van der Waals surface area contributed by atoms with Crippen molar-refractivity contribution in [3.05, 3.63) is 69.2 Å². The van der Waals surface area contributed by atoms with Crippen molar-refractivity contribution in [2.45, 2.75) is 6.61 Å². The highest BCUT2D eigenvalue weighted by Gasteiger charge is 2.03. The number of ether oxygens (including phenoxy) is 1. The Morgan fingerprint density at radius 1 is 1.29 bits per heavy atom. The first-order chi connectivity index (χ1) is 10.0. The van der Waals surface area contributed by atoms with Crippen molar-refractivity contribution in [1.29, 1.82) is 0 Å². The van der Waals surface area contributed by atoms with E-state index in [0.717, 1.165) is 16.1 Å². The lowest BCUT2D eigenvalue weighted by molar-refractivity contribution is -0.131. The predicted octanol–water partition coefficient (Wildman–Crippen LogP) is 4.78. The number of halogens is 2. The molecule has 0 aliphatic rings. The Morgan fingerprint density at radius 2 is 2.10 bits per heavy atom. The van der Waals surface area contributed by atoms with E-state index in [2.05, 4.69) is 15.9 Å². The minimum Gasteiger partial charge on any atom is -0.487 e. The molecule has 0 fully saturated rings. The lowest BCUT2D eigenvalue weighted by atomic mass is 10.2. The van der Waals surface area contributed by atoms with E-state index in [1.165, 1.54) is 6.08 Å². The highest BCUT2D eigenvalue weighted by molar-refractivity contribution is 9.10. The molecule has 0 bridgehead atoms. The van der Waals surface area contributed by atoms with E-state index in [9.17, 15) is 4.79 Å². The molecule has 2 aromatic carbocycles. The third kappa shape index (κ3) is 4.92. The summed E-state index contributed by atoms with van der Waals surface area (Å²) < 4.78 is 6.65. The minimum atomic E-state index is -0.999. The third-order valence-electron chi connectivity index (χ3n) is 2.66. The van der Waals surface area contributed by atoms with Crippen molar-refractivity contribution in [1.82, 2.24) is 0 Å². The number of aliphatic carboxylic acids is 1. The maximum Gasteiger partial charge on any atom is 0.328 e. The van der Waals surface area contributed by atoms with Gasteiger partial charge >= 0.3 is 5.97 Å². The molecule has 0 amide bonds. The van der Waals surface area contributed by atoms with Crippen LogP contribution in [0.5, 0.6) is 5.75 Å². The Labute approximate surface area is 135 Å². The van der Waals surface area contributed by atoms with Crippen LogP contribution in [-0.2, 0) is 11.4 Å². The van der Waals surface area contributed by atoms with Gasteiger partial charge in [-0.05, 0) is 41.5 Å². The Morgan fingerprint density at radius 3 is 2.76 bits per heavy atom. The molecule has 5 heteroatoms. The average Bonchev–Trinajstić information content (AvgIpc) is 2.44. The van der Waals surface area contributed by atoms with Crippen molar-refractivity contribution < 1.29 is 14.6 Å². The third-order valence-corrected chi connectivity index (χ3v) is 3.45. The van der Waals surface area contributed by atoms with Crippen LogP contribution in [0.25, 0.3) is 6.08 Å². The summed E-state index contributed by atoms with van der Waals surface area (Å²) >= 11 is 9.53. The van der Waals surface area contributed by atoms with E-state index in [-0.39, 0.29) is 0 Å². The van der Waals surface area contributed by atoms with Gasteiger partial charge in [0.05, 0.1) is 5.02 Å². The van der Waals surface area contributed by atoms with Crippen molar-refractivity contribution in [3.8, 4) is 5.75 Å². The molecule has 2 rings (SSSR count). The molecule has 21 heavy (non-hydrogen) atoms. The SMILES string of the molecule is O=C(O)/C=C/c1ccc(OCc2cccc(Br)c2)c(Cl)c1. The van der Waals surface area contributed by atoms with Crippen molar-refractivity contribution in [2.75, 3.05) is 0 Å². The zero-order valence-corrected chi connectivity index (χ0v) is 13.3. The normalized spacial score (nSPS) is 10.8. The van der Waals surface area contributed by atoms with Crippen LogP contribution in [-0.4, -0.2) is 11.1 Å². The molecule has 108 valence electrons. The summed E-state index contributed by atoms with van der Waals surface area (Å²) in [6.07, 6.45) is 2.54. The van der Waals surface area contributed by atoms with Gasteiger partial charge in [0.15, 0.2) is 0 Å².